The monoisotopic (exact) mass is 365 g/mol. The zero-order valence-corrected chi connectivity index (χ0v) is 14.4. The highest BCUT2D eigenvalue weighted by Gasteiger charge is 2.24. The predicted octanol–water partition coefficient (Wildman–Crippen LogP) is 2.85. The maximum absolute atomic E-state index is 12.1. The van der Waals surface area contributed by atoms with E-state index in [-0.39, 0.29) is 5.91 Å². The Bertz CT molecular complexity index is 493. The first-order valence-electron chi connectivity index (χ1n) is 8.20. The Kier molecular flexibility index (Phi) is 5.50. The van der Waals surface area contributed by atoms with E-state index in [0.717, 1.165) is 42.0 Å². The summed E-state index contributed by atoms with van der Waals surface area (Å²) < 4.78 is 1.02. The number of nitrogens with one attached hydrogen (secondary N) is 2. The molecule has 4 nitrogen and oxygen atoms in total. The Labute approximate surface area is 140 Å². The van der Waals surface area contributed by atoms with E-state index in [1.807, 2.05) is 24.3 Å². The fourth-order valence-electron chi connectivity index (χ4n) is 2.89. The lowest BCUT2D eigenvalue weighted by Gasteiger charge is -2.32. The highest BCUT2D eigenvalue weighted by molar-refractivity contribution is 9.10. The molecule has 0 aromatic heterocycles. The quantitative estimate of drug-likeness (QED) is 0.814. The lowest BCUT2D eigenvalue weighted by Crippen LogP contribution is -2.45. The van der Waals surface area contributed by atoms with E-state index >= 15 is 0 Å². The number of hydrogen-bond acceptors (Lipinski definition) is 3. The van der Waals surface area contributed by atoms with Crippen LogP contribution in [0.1, 0.15) is 25.7 Å². The van der Waals surface area contributed by atoms with Gasteiger partial charge in [0.2, 0.25) is 5.91 Å². The zero-order chi connectivity index (χ0) is 15.4. The van der Waals surface area contributed by atoms with E-state index < -0.39 is 0 Å². The van der Waals surface area contributed by atoms with Crippen LogP contribution in [0.25, 0.3) is 0 Å². The molecule has 1 amide bonds. The molecule has 1 aliphatic heterocycles. The van der Waals surface area contributed by atoms with Gasteiger partial charge < -0.3 is 10.6 Å². The Morgan fingerprint density at radius 3 is 2.45 bits per heavy atom. The standard InChI is InChI=1S/C17H24BrN3O/c18-14-3-5-16(6-4-14)20-17(22)12-21-9-7-15(8-10-21)19-11-13-1-2-13/h3-6,13,15,19H,1-2,7-12H2,(H,20,22). The van der Waals surface area contributed by atoms with Crippen molar-refractivity contribution in [3.05, 3.63) is 28.7 Å². The fourth-order valence-corrected chi connectivity index (χ4v) is 3.15. The molecule has 1 saturated heterocycles. The first kappa shape index (κ1) is 16.0. The second-order valence-electron chi connectivity index (χ2n) is 6.46. The third-order valence-corrected chi connectivity index (χ3v) is 5.00. The molecule has 0 unspecified atom stereocenters. The summed E-state index contributed by atoms with van der Waals surface area (Å²) in [5.74, 6) is 1.02. The minimum Gasteiger partial charge on any atom is -0.325 e. The minimum atomic E-state index is 0.0757. The van der Waals surface area contributed by atoms with Crippen molar-refractivity contribution < 1.29 is 4.79 Å². The van der Waals surface area contributed by atoms with Crippen molar-refractivity contribution in [1.82, 2.24) is 10.2 Å². The summed E-state index contributed by atoms with van der Waals surface area (Å²) in [6.45, 7) is 3.70. The molecule has 0 spiro atoms. The largest absolute Gasteiger partial charge is 0.325 e. The number of likely N-dealkylation sites (tertiary alicyclic amines) is 1. The number of rotatable bonds is 6. The molecule has 1 aromatic rings. The molecular formula is C17H24BrN3O. The number of carbonyl (C=O) groups excluding carboxylic acids is 1. The topological polar surface area (TPSA) is 44.4 Å². The van der Waals surface area contributed by atoms with E-state index in [2.05, 4.69) is 31.5 Å². The highest BCUT2D eigenvalue weighted by atomic mass is 79.9. The molecule has 0 bridgehead atoms. The van der Waals surface area contributed by atoms with Crippen LogP contribution in [-0.4, -0.2) is 43.0 Å². The van der Waals surface area contributed by atoms with Gasteiger partial charge in [-0.05, 0) is 62.4 Å². The lowest BCUT2D eigenvalue weighted by atomic mass is 10.0. The molecule has 1 aromatic carbocycles. The lowest BCUT2D eigenvalue weighted by molar-refractivity contribution is -0.117. The zero-order valence-electron chi connectivity index (χ0n) is 12.9. The van der Waals surface area contributed by atoms with Crippen LogP contribution in [0.3, 0.4) is 0 Å². The average Bonchev–Trinajstić information content (AvgIpc) is 3.33. The summed E-state index contributed by atoms with van der Waals surface area (Å²) in [6, 6.07) is 8.34. The molecule has 22 heavy (non-hydrogen) atoms. The molecule has 1 heterocycles. The summed E-state index contributed by atoms with van der Waals surface area (Å²) >= 11 is 3.40. The van der Waals surface area contributed by atoms with Gasteiger partial charge in [0.15, 0.2) is 0 Å². The number of amides is 1. The van der Waals surface area contributed by atoms with Crippen LogP contribution in [0.15, 0.2) is 28.7 Å². The molecule has 2 fully saturated rings. The molecule has 2 N–H and O–H groups in total. The Hall–Kier alpha value is -0.910. The first-order valence-corrected chi connectivity index (χ1v) is 8.99. The maximum atomic E-state index is 12.1. The Morgan fingerprint density at radius 1 is 1.14 bits per heavy atom. The van der Waals surface area contributed by atoms with Crippen molar-refractivity contribution in [2.75, 3.05) is 31.5 Å². The molecule has 2 aliphatic rings. The van der Waals surface area contributed by atoms with Crippen molar-refractivity contribution in [3.8, 4) is 0 Å². The van der Waals surface area contributed by atoms with Crippen LogP contribution in [-0.2, 0) is 4.79 Å². The van der Waals surface area contributed by atoms with Crippen molar-refractivity contribution in [2.45, 2.75) is 31.7 Å². The van der Waals surface area contributed by atoms with E-state index in [0.29, 0.717) is 12.6 Å². The van der Waals surface area contributed by atoms with Crippen molar-refractivity contribution in [2.24, 2.45) is 5.92 Å². The molecule has 0 radical (unpaired) electrons. The van der Waals surface area contributed by atoms with E-state index in [9.17, 15) is 4.79 Å². The van der Waals surface area contributed by atoms with Crippen molar-refractivity contribution >= 4 is 27.5 Å². The molecule has 0 atom stereocenters. The molecule has 120 valence electrons. The number of hydrogen-bond donors (Lipinski definition) is 2. The van der Waals surface area contributed by atoms with E-state index in [4.69, 9.17) is 0 Å². The average molecular weight is 366 g/mol. The second-order valence-corrected chi connectivity index (χ2v) is 7.37. The van der Waals surface area contributed by atoms with Gasteiger partial charge in [-0.1, -0.05) is 15.9 Å². The molecular weight excluding hydrogens is 342 g/mol. The summed E-state index contributed by atoms with van der Waals surface area (Å²) in [5.41, 5.74) is 0.856. The van der Waals surface area contributed by atoms with Gasteiger partial charge in [0.1, 0.15) is 0 Å². The SMILES string of the molecule is O=C(CN1CCC(NCC2CC2)CC1)Nc1ccc(Br)cc1. The number of piperidine rings is 1. The normalized spacial score (nSPS) is 20.0. The van der Waals surface area contributed by atoms with Gasteiger partial charge in [-0.25, -0.2) is 0 Å². The second kappa shape index (κ2) is 7.57. The van der Waals surface area contributed by atoms with Gasteiger partial charge in [0, 0.05) is 29.3 Å². The van der Waals surface area contributed by atoms with Crippen LogP contribution in [0.4, 0.5) is 5.69 Å². The van der Waals surface area contributed by atoms with Gasteiger partial charge in [0.25, 0.3) is 0 Å². The third-order valence-electron chi connectivity index (χ3n) is 4.47. The fraction of sp³-hybridized carbons (Fsp3) is 0.588. The van der Waals surface area contributed by atoms with Crippen LogP contribution >= 0.6 is 15.9 Å². The summed E-state index contributed by atoms with van der Waals surface area (Å²) in [7, 11) is 0. The summed E-state index contributed by atoms with van der Waals surface area (Å²) in [6.07, 6.45) is 5.11. The maximum Gasteiger partial charge on any atom is 0.238 e. The van der Waals surface area contributed by atoms with Crippen molar-refractivity contribution in [1.29, 1.82) is 0 Å². The first-order chi connectivity index (χ1) is 10.7. The van der Waals surface area contributed by atoms with Crippen LogP contribution in [0.2, 0.25) is 0 Å². The Balaban J connectivity index is 1.36. The summed E-state index contributed by atoms with van der Waals surface area (Å²) in [4.78, 5) is 14.3. The van der Waals surface area contributed by atoms with Crippen LogP contribution in [0, 0.1) is 5.92 Å². The number of halogens is 1. The van der Waals surface area contributed by atoms with Gasteiger partial charge in [-0.15, -0.1) is 0 Å². The number of anilines is 1. The smallest absolute Gasteiger partial charge is 0.238 e. The number of carbonyl (C=O) groups is 1. The van der Waals surface area contributed by atoms with Crippen LogP contribution < -0.4 is 10.6 Å². The van der Waals surface area contributed by atoms with Gasteiger partial charge in [0.05, 0.1) is 6.54 Å². The van der Waals surface area contributed by atoms with Gasteiger partial charge in [-0.3, -0.25) is 9.69 Å². The van der Waals surface area contributed by atoms with E-state index in [1.54, 1.807) is 0 Å². The predicted molar refractivity (Wildman–Crippen MR) is 93.0 cm³/mol. The number of nitrogens with zero attached hydrogens (tertiary/aromatic N) is 1. The van der Waals surface area contributed by atoms with Gasteiger partial charge in [-0.2, -0.15) is 0 Å². The third kappa shape index (κ3) is 5.07. The summed E-state index contributed by atoms with van der Waals surface area (Å²) in [5, 5.41) is 6.63. The van der Waals surface area contributed by atoms with Crippen molar-refractivity contribution in [3.63, 3.8) is 0 Å². The van der Waals surface area contributed by atoms with Gasteiger partial charge >= 0.3 is 0 Å². The molecule has 5 heteroatoms. The highest BCUT2D eigenvalue weighted by Crippen LogP contribution is 2.28. The molecule has 1 aliphatic carbocycles. The van der Waals surface area contributed by atoms with Crippen LogP contribution in [0.5, 0.6) is 0 Å². The molecule has 1 saturated carbocycles. The minimum absolute atomic E-state index is 0.0757. The molecule has 3 rings (SSSR count). The van der Waals surface area contributed by atoms with E-state index in [1.165, 1.54) is 19.4 Å². The Morgan fingerprint density at radius 2 is 1.82 bits per heavy atom. The number of benzene rings is 1.